The van der Waals surface area contributed by atoms with E-state index in [2.05, 4.69) is 5.10 Å². The number of hydrogen-bond donors (Lipinski definition) is 1. The molecule has 0 saturated heterocycles. The van der Waals surface area contributed by atoms with Crippen molar-refractivity contribution in [1.29, 1.82) is 0 Å². The third kappa shape index (κ3) is 2.56. The van der Waals surface area contributed by atoms with Gasteiger partial charge in [0.15, 0.2) is 0 Å². The van der Waals surface area contributed by atoms with E-state index in [-0.39, 0.29) is 5.69 Å². The number of nitrogens with zero attached hydrogens (tertiary/aromatic N) is 4. The van der Waals surface area contributed by atoms with Crippen LogP contribution in [0.4, 0.5) is 11.5 Å². The van der Waals surface area contributed by atoms with Crippen molar-refractivity contribution >= 4 is 11.5 Å². The van der Waals surface area contributed by atoms with Gasteiger partial charge in [0.2, 0.25) is 5.82 Å². The fraction of sp³-hybridized carbons (Fsp3) is 0.750. The first kappa shape index (κ1) is 13.8. The second-order valence-electron chi connectivity index (χ2n) is 5.43. The van der Waals surface area contributed by atoms with Crippen molar-refractivity contribution in [2.24, 2.45) is 7.05 Å². The largest absolute Gasteiger partial charge is 0.388 e. The van der Waals surface area contributed by atoms with Gasteiger partial charge in [-0.3, -0.25) is 10.1 Å². The second kappa shape index (κ2) is 4.80. The highest BCUT2D eigenvalue weighted by Gasteiger charge is 2.35. The van der Waals surface area contributed by atoms with Gasteiger partial charge in [-0.1, -0.05) is 12.8 Å². The Hall–Kier alpha value is -1.63. The third-order valence-corrected chi connectivity index (χ3v) is 3.77. The molecule has 1 aliphatic rings. The maximum Gasteiger partial charge on any atom is 0.333 e. The normalized spacial score (nSPS) is 17.7. The molecule has 1 aliphatic carbocycles. The van der Waals surface area contributed by atoms with Crippen molar-refractivity contribution in [3.8, 4) is 0 Å². The minimum absolute atomic E-state index is 0.0200. The lowest BCUT2D eigenvalue weighted by atomic mass is 10.0. The van der Waals surface area contributed by atoms with Crippen molar-refractivity contribution in [3.05, 3.63) is 15.8 Å². The van der Waals surface area contributed by atoms with E-state index in [1.807, 2.05) is 0 Å². The SMILES string of the molecule is Cc1nn(C)c(N(C)CC2(O)CCCC2)c1[N+](=O)[O-]. The molecule has 0 radical (unpaired) electrons. The summed E-state index contributed by atoms with van der Waals surface area (Å²) in [7, 11) is 3.45. The van der Waals surface area contributed by atoms with E-state index in [0.717, 1.165) is 25.7 Å². The Morgan fingerprint density at radius 3 is 2.63 bits per heavy atom. The molecule has 1 heterocycles. The fourth-order valence-electron chi connectivity index (χ4n) is 2.98. The lowest BCUT2D eigenvalue weighted by Gasteiger charge is -2.29. The van der Waals surface area contributed by atoms with Gasteiger partial charge in [-0.15, -0.1) is 0 Å². The molecular weight excluding hydrogens is 248 g/mol. The van der Waals surface area contributed by atoms with Gasteiger partial charge in [0.05, 0.1) is 10.5 Å². The van der Waals surface area contributed by atoms with Crippen molar-refractivity contribution in [1.82, 2.24) is 9.78 Å². The highest BCUT2D eigenvalue weighted by Crippen LogP contribution is 2.34. The molecule has 7 heteroatoms. The molecule has 0 aliphatic heterocycles. The van der Waals surface area contributed by atoms with Crippen LogP contribution >= 0.6 is 0 Å². The maximum absolute atomic E-state index is 11.1. The molecule has 1 aromatic heterocycles. The first-order chi connectivity index (χ1) is 8.84. The van der Waals surface area contributed by atoms with Crippen molar-refractivity contribution in [2.75, 3.05) is 18.5 Å². The summed E-state index contributed by atoms with van der Waals surface area (Å²) in [5, 5.41) is 25.7. The number of aromatic nitrogens is 2. The molecule has 0 amide bonds. The lowest BCUT2D eigenvalue weighted by Crippen LogP contribution is -2.40. The predicted octanol–water partition coefficient (Wildman–Crippen LogP) is 1.38. The van der Waals surface area contributed by atoms with Gasteiger partial charge in [-0.2, -0.15) is 5.10 Å². The Labute approximate surface area is 112 Å². The van der Waals surface area contributed by atoms with Gasteiger partial charge in [0, 0.05) is 20.6 Å². The van der Waals surface area contributed by atoms with E-state index in [0.29, 0.717) is 18.1 Å². The standard InChI is InChI=1S/C12H20N4O3/c1-9-10(16(18)19)11(15(3)13-9)14(2)8-12(17)6-4-5-7-12/h17H,4-8H2,1-3H3. The molecule has 19 heavy (non-hydrogen) atoms. The van der Waals surface area contributed by atoms with Crippen molar-refractivity contribution in [3.63, 3.8) is 0 Å². The van der Waals surface area contributed by atoms with Crippen LogP contribution in [0.1, 0.15) is 31.4 Å². The number of aliphatic hydroxyl groups is 1. The van der Waals surface area contributed by atoms with Crippen LogP contribution in [-0.2, 0) is 7.05 Å². The van der Waals surface area contributed by atoms with Gasteiger partial charge in [0.1, 0.15) is 5.69 Å². The quantitative estimate of drug-likeness (QED) is 0.658. The summed E-state index contributed by atoms with van der Waals surface area (Å²) in [6.45, 7) is 2.02. The molecular formula is C12H20N4O3. The van der Waals surface area contributed by atoms with Crippen LogP contribution in [0.3, 0.4) is 0 Å². The maximum atomic E-state index is 11.1. The van der Waals surface area contributed by atoms with Crippen LogP contribution in [0.2, 0.25) is 0 Å². The summed E-state index contributed by atoms with van der Waals surface area (Å²) in [6, 6.07) is 0. The third-order valence-electron chi connectivity index (χ3n) is 3.77. The number of likely N-dealkylation sites (N-methyl/N-ethyl adjacent to an activating group) is 1. The average Bonchev–Trinajstić information content (AvgIpc) is 2.82. The van der Waals surface area contributed by atoms with E-state index in [4.69, 9.17) is 0 Å². The Morgan fingerprint density at radius 2 is 2.11 bits per heavy atom. The Balaban J connectivity index is 2.28. The zero-order valence-electron chi connectivity index (χ0n) is 11.6. The smallest absolute Gasteiger partial charge is 0.333 e. The Kier molecular flexibility index (Phi) is 3.49. The number of nitro groups is 1. The Bertz CT molecular complexity index is 491. The molecule has 0 unspecified atom stereocenters. The molecule has 1 saturated carbocycles. The number of rotatable bonds is 4. The van der Waals surface area contributed by atoms with Crippen molar-refractivity contribution in [2.45, 2.75) is 38.2 Å². The van der Waals surface area contributed by atoms with Crippen LogP contribution < -0.4 is 4.90 Å². The summed E-state index contributed by atoms with van der Waals surface area (Å²) >= 11 is 0. The van der Waals surface area contributed by atoms with Gasteiger partial charge >= 0.3 is 5.69 Å². The molecule has 7 nitrogen and oxygen atoms in total. The Morgan fingerprint density at radius 1 is 1.53 bits per heavy atom. The summed E-state index contributed by atoms with van der Waals surface area (Å²) < 4.78 is 1.51. The first-order valence-corrected chi connectivity index (χ1v) is 6.45. The van der Waals surface area contributed by atoms with E-state index in [9.17, 15) is 15.2 Å². The molecule has 106 valence electrons. The lowest BCUT2D eigenvalue weighted by molar-refractivity contribution is -0.384. The summed E-state index contributed by atoms with van der Waals surface area (Å²) in [4.78, 5) is 12.5. The molecule has 0 aromatic carbocycles. The highest BCUT2D eigenvalue weighted by molar-refractivity contribution is 5.61. The molecule has 0 spiro atoms. The van der Waals surface area contributed by atoms with Crippen LogP contribution in [0.25, 0.3) is 0 Å². The van der Waals surface area contributed by atoms with Crippen LogP contribution in [0.5, 0.6) is 0 Å². The average molecular weight is 268 g/mol. The van der Waals surface area contributed by atoms with Crippen molar-refractivity contribution < 1.29 is 10.0 Å². The van der Waals surface area contributed by atoms with Crippen LogP contribution in [-0.4, -0.2) is 39.0 Å². The minimum Gasteiger partial charge on any atom is -0.388 e. The molecule has 0 atom stereocenters. The summed E-state index contributed by atoms with van der Waals surface area (Å²) in [5.74, 6) is 0.447. The summed E-state index contributed by atoms with van der Waals surface area (Å²) in [6.07, 6.45) is 3.53. The highest BCUT2D eigenvalue weighted by atomic mass is 16.6. The monoisotopic (exact) mass is 268 g/mol. The van der Waals surface area contributed by atoms with Gasteiger partial charge in [0.25, 0.3) is 0 Å². The van der Waals surface area contributed by atoms with E-state index in [1.165, 1.54) is 4.68 Å². The van der Waals surface area contributed by atoms with E-state index < -0.39 is 10.5 Å². The molecule has 1 N–H and O–H groups in total. The van der Waals surface area contributed by atoms with Crippen LogP contribution in [0, 0.1) is 17.0 Å². The van der Waals surface area contributed by atoms with Gasteiger partial charge < -0.3 is 10.0 Å². The molecule has 1 fully saturated rings. The van der Waals surface area contributed by atoms with Gasteiger partial charge in [-0.25, -0.2) is 4.68 Å². The fourth-order valence-corrected chi connectivity index (χ4v) is 2.98. The second-order valence-corrected chi connectivity index (χ2v) is 5.43. The number of hydrogen-bond acceptors (Lipinski definition) is 5. The zero-order valence-corrected chi connectivity index (χ0v) is 11.6. The number of aryl methyl sites for hydroxylation is 2. The zero-order chi connectivity index (χ0) is 14.2. The molecule has 0 bridgehead atoms. The topological polar surface area (TPSA) is 84.4 Å². The predicted molar refractivity (Wildman–Crippen MR) is 71.3 cm³/mol. The first-order valence-electron chi connectivity index (χ1n) is 6.45. The minimum atomic E-state index is -0.735. The molecule has 2 rings (SSSR count). The summed E-state index contributed by atoms with van der Waals surface area (Å²) in [5.41, 5.74) is -0.319. The number of anilines is 1. The van der Waals surface area contributed by atoms with Gasteiger partial charge in [-0.05, 0) is 19.8 Å². The molecule has 1 aromatic rings. The van der Waals surface area contributed by atoms with E-state index >= 15 is 0 Å². The van der Waals surface area contributed by atoms with Crippen LogP contribution in [0.15, 0.2) is 0 Å². The van der Waals surface area contributed by atoms with E-state index in [1.54, 1.807) is 25.9 Å².